The Hall–Kier alpha value is -4.06. The van der Waals surface area contributed by atoms with Crippen molar-refractivity contribution in [2.45, 2.75) is 61.5 Å². The number of carbonyl (C=O) groups excluding carboxylic acids is 2. The zero-order chi connectivity index (χ0) is 34.1. The van der Waals surface area contributed by atoms with Crippen LogP contribution in [0.4, 0.5) is 8.78 Å². The second kappa shape index (κ2) is 13.8. The van der Waals surface area contributed by atoms with Gasteiger partial charge in [0, 0.05) is 29.6 Å². The summed E-state index contributed by atoms with van der Waals surface area (Å²) >= 11 is 5.98. The molecule has 1 aliphatic heterocycles. The van der Waals surface area contributed by atoms with Gasteiger partial charge >= 0.3 is 0 Å². The van der Waals surface area contributed by atoms with Crippen LogP contribution in [-0.2, 0) is 25.5 Å². The number of nitrogens with zero attached hydrogens (tertiary/aromatic N) is 1. The third-order valence-corrected chi connectivity index (χ3v) is 10.9. The summed E-state index contributed by atoms with van der Waals surface area (Å²) in [6.07, 6.45) is 4.75. The normalized spacial score (nSPS) is 17.0. The topological polar surface area (TPSA) is 119 Å². The van der Waals surface area contributed by atoms with E-state index < -0.39 is 45.3 Å². The van der Waals surface area contributed by atoms with E-state index in [0.717, 1.165) is 41.5 Å². The first-order chi connectivity index (χ1) is 22.9. The van der Waals surface area contributed by atoms with E-state index in [1.165, 1.54) is 36.4 Å². The van der Waals surface area contributed by atoms with Gasteiger partial charge in [0.25, 0.3) is 5.92 Å². The first-order valence-corrected chi connectivity index (χ1v) is 17.8. The molecule has 12 heteroatoms. The molecule has 0 radical (unpaired) electrons. The molecule has 1 atom stereocenters. The highest BCUT2D eigenvalue weighted by Gasteiger charge is 2.50. The number of benzene rings is 4. The van der Waals surface area contributed by atoms with E-state index in [4.69, 9.17) is 22.1 Å². The lowest BCUT2D eigenvalue weighted by Gasteiger charge is -2.35. The van der Waals surface area contributed by atoms with Crippen LogP contribution in [0.25, 0.3) is 21.9 Å². The number of sulfonamides is 1. The SMILES string of the molecule is NC(=O)C1CCN(C(=O)C(NS(=O)(=O)c2ccc3cc(OC4CCCC4)ccc3c2)C(F)(F)c2ccc(-c3ccc(Cl)cc3)cc2)CC1. The van der Waals surface area contributed by atoms with Crippen molar-refractivity contribution < 1.29 is 31.5 Å². The van der Waals surface area contributed by atoms with Gasteiger partial charge in [-0.05, 0) is 96.8 Å². The van der Waals surface area contributed by atoms with Crippen LogP contribution in [0.5, 0.6) is 5.75 Å². The van der Waals surface area contributed by atoms with Gasteiger partial charge in [-0.1, -0.05) is 60.1 Å². The highest BCUT2D eigenvalue weighted by Crippen LogP contribution is 2.36. The van der Waals surface area contributed by atoms with Gasteiger partial charge in [-0.15, -0.1) is 0 Å². The van der Waals surface area contributed by atoms with E-state index in [1.54, 1.807) is 42.5 Å². The molecule has 6 rings (SSSR count). The smallest absolute Gasteiger partial charge is 0.298 e. The Balaban J connectivity index is 1.29. The van der Waals surface area contributed by atoms with Crippen molar-refractivity contribution in [3.05, 3.63) is 95.5 Å². The Labute approximate surface area is 283 Å². The number of hydrogen-bond donors (Lipinski definition) is 2. The molecular weight excluding hydrogens is 660 g/mol. The molecule has 8 nitrogen and oxygen atoms in total. The first kappa shape index (κ1) is 33.8. The Morgan fingerprint density at radius 3 is 2.06 bits per heavy atom. The number of likely N-dealkylation sites (tertiary alicyclic amines) is 1. The molecule has 0 spiro atoms. The zero-order valence-electron chi connectivity index (χ0n) is 26.1. The van der Waals surface area contributed by atoms with Crippen LogP contribution in [0, 0.1) is 5.92 Å². The largest absolute Gasteiger partial charge is 0.490 e. The predicted octanol–water partition coefficient (Wildman–Crippen LogP) is 6.64. The number of halogens is 3. The maximum absolute atomic E-state index is 16.4. The van der Waals surface area contributed by atoms with Crippen molar-refractivity contribution in [3.8, 4) is 16.9 Å². The minimum atomic E-state index is -4.63. The van der Waals surface area contributed by atoms with Gasteiger partial charge in [-0.2, -0.15) is 13.5 Å². The number of alkyl halides is 2. The highest BCUT2D eigenvalue weighted by molar-refractivity contribution is 7.89. The number of nitrogens with two attached hydrogens (primary N) is 1. The van der Waals surface area contributed by atoms with Crippen molar-refractivity contribution >= 4 is 44.2 Å². The Kier molecular flexibility index (Phi) is 9.74. The van der Waals surface area contributed by atoms with Crippen LogP contribution in [0.15, 0.2) is 89.8 Å². The van der Waals surface area contributed by atoms with Gasteiger partial charge in [0.1, 0.15) is 5.75 Å². The van der Waals surface area contributed by atoms with Crippen LogP contribution < -0.4 is 15.2 Å². The molecule has 0 bridgehead atoms. The van der Waals surface area contributed by atoms with Crippen molar-refractivity contribution in [1.29, 1.82) is 0 Å². The van der Waals surface area contributed by atoms with Crippen molar-refractivity contribution in [2.24, 2.45) is 11.7 Å². The minimum absolute atomic E-state index is 0.0164. The fraction of sp³-hybridized carbons (Fsp3) is 0.333. The molecule has 2 amide bonds. The highest BCUT2D eigenvalue weighted by atomic mass is 35.5. The maximum atomic E-state index is 16.4. The minimum Gasteiger partial charge on any atom is -0.490 e. The number of amides is 2. The van der Waals surface area contributed by atoms with Crippen LogP contribution in [0.3, 0.4) is 0 Å². The summed E-state index contributed by atoms with van der Waals surface area (Å²) in [5.74, 6) is -5.39. The molecule has 1 aliphatic carbocycles. The van der Waals surface area contributed by atoms with Gasteiger partial charge in [0.05, 0.1) is 11.0 Å². The number of piperidine rings is 1. The fourth-order valence-electron chi connectivity index (χ4n) is 6.40. The molecule has 2 fully saturated rings. The number of nitrogens with one attached hydrogen (secondary N) is 1. The summed E-state index contributed by atoms with van der Waals surface area (Å²) in [6, 6.07) is 19.3. The molecule has 252 valence electrons. The predicted molar refractivity (Wildman–Crippen MR) is 180 cm³/mol. The van der Waals surface area contributed by atoms with Crippen LogP contribution in [-0.4, -0.2) is 50.4 Å². The lowest BCUT2D eigenvalue weighted by molar-refractivity contribution is -0.146. The molecule has 4 aromatic carbocycles. The van der Waals surface area contributed by atoms with Crippen LogP contribution in [0.1, 0.15) is 44.1 Å². The van der Waals surface area contributed by atoms with Gasteiger partial charge < -0.3 is 15.4 Å². The number of carbonyl (C=O) groups is 2. The summed E-state index contributed by atoms with van der Waals surface area (Å²) in [7, 11) is -4.63. The fourth-order valence-corrected chi connectivity index (χ4v) is 7.76. The second-order valence-corrected chi connectivity index (χ2v) is 14.6. The summed E-state index contributed by atoms with van der Waals surface area (Å²) in [5, 5.41) is 1.82. The average Bonchev–Trinajstić information content (AvgIpc) is 3.60. The quantitative estimate of drug-likeness (QED) is 0.193. The van der Waals surface area contributed by atoms with Crippen LogP contribution in [0.2, 0.25) is 5.02 Å². The summed E-state index contributed by atoms with van der Waals surface area (Å²) in [6.45, 7) is -0.0328. The number of rotatable bonds is 10. The Bertz CT molecular complexity index is 1910. The van der Waals surface area contributed by atoms with Crippen LogP contribution >= 0.6 is 11.6 Å². The number of ether oxygens (including phenoxy) is 1. The molecule has 4 aromatic rings. The van der Waals surface area contributed by atoms with E-state index in [1.807, 2.05) is 6.07 Å². The molecule has 3 N–H and O–H groups in total. The van der Waals surface area contributed by atoms with Gasteiger partial charge in [-0.3, -0.25) is 9.59 Å². The Morgan fingerprint density at radius 2 is 1.44 bits per heavy atom. The monoisotopic (exact) mass is 695 g/mol. The standard InChI is InChI=1S/C36H36ClF2N3O5S/c37-29-13-7-24(8-14-29)23-5-11-28(12-6-23)36(38,39)33(35(44)42-19-17-25(18-20-42)34(40)43)41-48(45,46)32-16-10-26-21-31(15-9-27(26)22-32)47-30-3-1-2-4-30/h5-16,21-22,25,30,33,41H,1-4,17-20H2,(H2,40,43). The van der Waals surface area contributed by atoms with E-state index in [0.29, 0.717) is 21.7 Å². The third kappa shape index (κ3) is 7.33. The van der Waals surface area contributed by atoms with Crippen molar-refractivity contribution in [1.82, 2.24) is 9.62 Å². The van der Waals surface area contributed by atoms with E-state index >= 15 is 8.78 Å². The average molecular weight is 696 g/mol. The van der Waals surface area contributed by atoms with Gasteiger partial charge in [0.15, 0.2) is 6.04 Å². The molecule has 2 aliphatic rings. The number of primary amides is 1. The lowest BCUT2D eigenvalue weighted by Crippen LogP contribution is -2.57. The number of fused-ring (bicyclic) bond motifs is 1. The molecule has 1 heterocycles. The molecule has 1 saturated heterocycles. The van der Waals surface area contributed by atoms with Crippen molar-refractivity contribution in [2.75, 3.05) is 13.1 Å². The number of hydrogen-bond acceptors (Lipinski definition) is 5. The van der Waals surface area contributed by atoms with E-state index in [-0.39, 0.29) is 36.9 Å². The summed E-state index contributed by atoms with van der Waals surface area (Å²) in [5.41, 5.74) is 6.26. The molecule has 1 unspecified atom stereocenters. The van der Waals surface area contributed by atoms with E-state index in [9.17, 15) is 18.0 Å². The molecule has 48 heavy (non-hydrogen) atoms. The van der Waals surface area contributed by atoms with Crippen molar-refractivity contribution in [3.63, 3.8) is 0 Å². The Morgan fingerprint density at radius 1 is 0.854 bits per heavy atom. The maximum Gasteiger partial charge on any atom is 0.298 e. The summed E-state index contributed by atoms with van der Waals surface area (Å²) in [4.78, 5) is 26.4. The first-order valence-electron chi connectivity index (χ1n) is 16.0. The summed E-state index contributed by atoms with van der Waals surface area (Å²) < 4.78 is 68.5. The molecule has 0 aromatic heterocycles. The second-order valence-electron chi connectivity index (χ2n) is 12.5. The zero-order valence-corrected chi connectivity index (χ0v) is 27.7. The molecular formula is C36H36ClF2N3O5S. The lowest BCUT2D eigenvalue weighted by atomic mass is 9.94. The van der Waals surface area contributed by atoms with Gasteiger partial charge in [0.2, 0.25) is 21.8 Å². The third-order valence-electron chi connectivity index (χ3n) is 9.24. The molecule has 1 saturated carbocycles. The van der Waals surface area contributed by atoms with Gasteiger partial charge in [-0.25, -0.2) is 8.42 Å². The van der Waals surface area contributed by atoms with E-state index in [2.05, 4.69) is 4.72 Å².